The Labute approximate surface area is 110 Å². The molecule has 2 rings (SSSR count). The Balaban J connectivity index is 2.14. The number of hydrogen-bond acceptors (Lipinski definition) is 6. The maximum atomic E-state index is 12.2. The van der Waals surface area contributed by atoms with Gasteiger partial charge in [-0.15, -0.1) is 0 Å². The highest BCUT2D eigenvalue weighted by Gasteiger charge is 2.35. The van der Waals surface area contributed by atoms with E-state index in [9.17, 15) is 30.3 Å². The van der Waals surface area contributed by atoms with Crippen LogP contribution in [0, 0.1) is 5.92 Å². The summed E-state index contributed by atoms with van der Waals surface area (Å²) >= 11 is 0. The SMILES string of the molecule is O=C(C1=C(O)CC(O)C(O)=C1)C1CCC(O)C(O)C1. The highest BCUT2D eigenvalue weighted by molar-refractivity contribution is 6.00. The first-order chi connectivity index (χ1) is 8.90. The molecular formula is C13H18O6. The second-order valence-electron chi connectivity index (χ2n) is 5.16. The summed E-state index contributed by atoms with van der Waals surface area (Å²) in [5.74, 6) is -1.47. The van der Waals surface area contributed by atoms with Gasteiger partial charge in [-0.1, -0.05) is 0 Å². The van der Waals surface area contributed by atoms with Crippen LogP contribution in [0.5, 0.6) is 0 Å². The zero-order valence-corrected chi connectivity index (χ0v) is 10.4. The molecule has 0 aromatic heterocycles. The number of allylic oxidation sites excluding steroid dienone is 2. The van der Waals surface area contributed by atoms with Gasteiger partial charge < -0.3 is 25.5 Å². The largest absolute Gasteiger partial charge is 0.511 e. The Kier molecular flexibility index (Phi) is 3.93. The molecule has 2 aliphatic rings. The first kappa shape index (κ1) is 14.0. The minimum absolute atomic E-state index is 0.0172. The summed E-state index contributed by atoms with van der Waals surface area (Å²) in [6.07, 6.45) is -1.19. The van der Waals surface area contributed by atoms with Gasteiger partial charge in [0.05, 0.1) is 17.8 Å². The molecule has 0 radical (unpaired) electrons. The van der Waals surface area contributed by atoms with Gasteiger partial charge in [0.1, 0.15) is 17.6 Å². The topological polar surface area (TPSA) is 118 Å². The Morgan fingerprint density at radius 1 is 1.11 bits per heavy atom. The fourth-order valence-electron chi connectivity index (χ4n) is 2.53. The third-order valence-corrected chi connectivity index (χ3v) is 3.75. The van der Waals surface area contributed by atoms with Crippen LogP contribution in [-0.2, 0) is 4.79 Å². The Morgan fingerprint density at radius 3 is 2.42 bits per heavy atom. The Hall–Kier alpha value is -1.37. The van der Waals surface area contributed by atoms with Crippen molar-refractivity contribution in [2.24, 2.45) is 5.92 Å². The van der Waals surface area contributed by atoms with Crippen LogP contribution in [0.1, 0.15) is 25.7 Å². The molecule has 0 saturated heterocycles. The molecular weight excluding hydrogens is 252 g/mol. The number of hydrogen-bond donors (Lipinski definition) is 5. The van der Waals surface area contributed by atoms with Crippen LogP contribution in [0.15, 0.2) is 23.2 Å². The number of carbonyl (C=O) groups is 1. The van der Waals surface area contributed by atoms with Crippen molar-refractivity contribution >= 4 is 5.78 Å². The van der Waals surface area contributed by atoms with Gasteiger partial charge in [0.25, 0.3) is 0 Å². The molecule has 0 heterocycles. The number of aliphatic hydroxyl groups excluding tert-OH is 5. The summed E-state index contributed by atoms with van der Waals surface area (Å²) in [6, 6.07) is 0. The Morgan fingerprint density at radius 2 is 1.79 bits per heavy atom. The van der Waals surface area contributed by atoms with Gasteiger partial charge in [0.2, 0.25) is 0 Å². The van der Waals surface area contributed by atoms with E-state index in [0.717, 1.165) is 6.08 Å². The third-order valence-electron chi connectivity index (χ3n) is 3.75. The molecule has 0 aromatic carbocycles. The number of aliphatic hydroxyl groups is 5. The summed E-state index contributed by atoms with van der Waals surface area (Å²) < 4.78 is 0. The van der Waals surface area contributed by atoms with Gasteiger partial charge in [-0.3, -0.25) is 4.79 Å². The average molecular weight is 270 g/mol. The molecule has 106 valence electrons. The molecule has 1 fully saturated rings. The lowest BCUT2D eigenvalue weighted by molar-refractivity contribution is -0.123. The fourth-order valence-corrected chi connectivity index (χ4v) is 2.53. The molecule has 6 heteroatoms. The summed E-state index contributed by atoms with van der Waals surface area (Å²) in [5, 5.41) is 47.5. The predicted molar refractivity (Wildman–Crippen MR) is 65.4 cm³/mol. The molecule has 2 aliphatic carbocycles. The fraction of sp³-hybridized carbons (Fsp3) is 0.615. The third kappa shape index (κ3) is 2.80. The Bertz CT molecular complexity index is 438. The van der Waals surface area contributed by atoms with Gasteiger partial charge in [0.15, 0.2) is 5.78 Å². The molecule has 1 saturated carbocycles. The van der Waals surface area contributed by atoms with Crippen molar-refractivity contribution in [2.75, 3.05) is 0 Å². The summed E-state index contributed by atoms with van der Waals surface area (Å²) in [6.45, 7) is 0. The van der Waals surface area contributed by atoms with E-state index in [-0.39, 0.29) is 35.7 Å². The van der Waals surface area contributed by atoms with Crippen LogP contribution in [-0.4, -0.2) is 49.6 Å². The monoisotopic (exact) mass is 270 g/mol. The molecule has 0 amide bonds. The van der Waals surface area contributed by atoms with Crippen LogP contribution < -0.4 is 0 Å². The standard InChI is InChI=1S/C13H18O6/c14-8-2-1-6(3-10(8)16)13(19)7-4-11(17)12(18)5-9(7)15/h4,6,8,10,12,14-18H,1-3,5H2. The average Bonchev–Trinajstić information content (AvgIpc) is 2.36. The quantitative estimate of drug-likeness (QED) is 0.485. The molecule has 0 bridgehead atoms. The van der Waals surface area contributed by atoms with Crippen molar-refractivity contribution in [2.45, 2.75) is 44.0 Å². The van der Waals surface area contributed by atoms with Gasteiger partial charge in [-0.25, -0.2) is 0 Å². The van der Waals surface area contributed by atoms with Gasteiger partial charge >= 0.3 is 0 Å². The van der Waals surface area contributed by atoms with E-state index >= 15 is 0 Å². The maximum absolute atomic E-state index is 12.2. The van der Waals surface area contributed by atoms with Crippen LogP contribution in [0.25, 0.3) is 0 Å². The number of rotatable bonds is 2. The first-order valence-corrected chi connectivity index (χ1v) is 6.31. The van der Waals surface area contributed by atoms with Crippen molar-refractivity contribution in [3.8, 4) is 0 Å². The molecule has 6 nitrogen and oxygen atoms in total. The molecule has 0 aliphatic heterocycles. The van der Waals surface area contributed by atoms with E-state index in [2.05, 4.69) is 0 Å². The molecule has 5 N–H and O–H groups in total. The van der Waals surface area contributed by atoms with Crippen molar-refractivity contribution in [3.05, 3.63) is 23.2 Å². The van der Waals surface area contributed by atoms with Crippen LogP contribution >= 0.6 is 0 Å². The summed E-state index contributed by atoms with van der Waals surface area (Å²) in [5.41, 5.74) is -0.0172. The molecule has 4 atom stereocenters. The maximum Gasteiger partial charge on any atom is 0.169 e. The van der Waals surface area contributed by atoms with Crippen LogP contribution in [0.4, 0.5) is 0 Å². The van der Waals surface area contributed by atoms with E-state index < -0.39 is 24.2 Å². The van der Waals surface area contributed by atoms with E-state index in [4.69, 9.17) is 0 Å². The highest BCUT2D eigenvalue weighted by atomic mass is 16.3. The zero-order valence-electron chi connectivity index (χ0n) is 10.4. The van der Waals surface area contributed by atoms with E-state index in [0.29, 0.717) is 12.8 Å². The number of ketones is 1. The van der Waals surface area contributed by atoms with Crippen molar-refractivity contribution in [3.63, 3.8) is 0 Å². The minimum atomic E-state index is -1.18. The first-order valence-electron chi connectivity index (χ1n) is 6.31. The minimum Gasteiger partial charge on any atom is -0.511 e. The van der Waals surface area contributed by atoms with Gasteiger partial charge in [0, 0.05) is 12.3 Å². The zero-order chi connectivity index (χ0) is 14.2. The normalized spacial score (nSPS) is 36.1. The van der Waals surface area contributed by atoms with E-state index in [1.54, 1.807) is 0 Å². The van der Waals surface area contributed by atoms with E-state index in [1.165, 1.54) is 0 Å². The number of carbonyl (C=O) groups excluding carboxylic acids is 1. The smallest absolute Gasteiger partial charge is 0.169 e. The lowest BCUT2D eigenvalue weighted by atomic mass is 9.79. The lowest BCUT2D eigenvalue weighted by Gasteiger charge is -2.30. The predicted octanol–water partition coefficient (Wildman–Crippen LogP) is 0.0960. The molecule has 0 spiro atoms. The van der Waals surface area contributed by atoms with E-state index in [1.807, 2.05) is 0 Å². The second-order valence-corrected chi connectivity index (χ2v) is 5.16. The molecule has 4 unspecified atom stereocenters. The number of Topliss-reactive ketones (excluding diaryl/α,β-unsaturated/α-hetero) is 1. The van der Waals surface area contributed by atoms with Gasteiger partial charge in [-0.05, 0) is 25.3 Å². The van der Waals surface area contributed by atoms with Crippen LogP contribution in [0.3, 0.4) is 0 Å². The van der Waals surface area contributed by atoms with Crippen molar-refractivity contribution in [1.82, 2.24) is 0 Å². The van der Waals surface area contributed by atoms with Crippen LogP contribution in [0.2, 0.25) is 0 Å². The highest BCUT2D eigenvalue weighted by Crippen LogP contribution is 2.31. The second kappa shape index (κ2) is 5.32. The van der Waals surface area contributed by atoms with Crippen molar-refractivity contribution < 1.29 is 30.3 Å². The van der Waals surface area contributed by atoms with Crippen molar-refractivity contribution in [1.29, 1.82) is 0 Å². The molecule has 0 aromatic rings. The molecule has 19 heavy (non-hydrogen) atoms. The lowest BCUT2D eigenvalue weighted by Crippen LogP contribution is -2.37. The summed E-state index contributed by atoms with van der Waals surface area (Å²) in [7, 11) is 0. The van der Waals surface area contributed by atoms with Gasteiger partial charge in [-0.2, -0.15) is 0 Å². The summed E-state index contributed by atoms with van der Waals surface area (Å²) in [4.78, 5) is 12.2.